The van der Waals surface area contributed by atoms with Gasteiger partial charge in [0.05, 0.1) is 25.9 Å². The number of ether oxygens (including phenoxy) is 2. The molecule has 3 rings (SSSR count). The van der Waals surface area contributed by atoms with Gasteiger partial charge >= 0.3 is 0 Å². The summed E-state index contributed by atoms with van der Waals surface area (Å²) >= 11 is 0.997. The summed E-state index contributed by atoms with van der Waals surface area (Å²) in [5, 5.41) is 0. The molecule has 0 bridgehead atoms. The lowest BCUT2D eigenvalue weighted by Crippen LogP contribution is -2.27. The van der Waals surface area contributed by atoms with Crippen LogP contribution in [0.1, 0.15) is 11.1 Å². The minimum absolute atomic E-state index is 0.157. The average molecular weight is 393 g/mol. The summed E-state index contributed by atoms with van der Waals surface area (Å²) in [6.07, 6.45) is 0. The zero-order valence-corrected chi connectivity index (χ0v) is 16.5. The maximum Gasteiger partial charge on any atom is 0.245 e. The molecular formula is C17H19N3O4S2. The van der Waals surface area contributed by atoms with Gasteiger partial charge in [-0.2, -0.15) is 13.1 Å². The highest BCUT2D eigenvalue weighted by Crippen LogP contribution is 2.32. The second-order valence-electron chi connectivity index (χ2n) is 5.78. The Bertz CT molecular complexity index is 1050. The highest BCUT2D eigenvalue weighted by Gasteiger charge is 2.25. The first-order chi connectivity index (χ1) is 12.4. The van der Waals surface area contributed by atoms with Crippen LogP contribution in [0.4, 0.5) is 0 Å². The van der Waals surface area contributed by atoms with E-state index in [0.29, 0.717) is 22.5 Å². The van der Waals surface area contributed by atoms with Crippen LogP contribution in [0.5, 0.6) is 11.5 Å². The van der Waals surface area contributed by atoms with Gasteiger partial charge in [-0.25, -0.2) is 8.42 Å². The molecular weight excluding hydrogens is 374 g/mol. The first-order valence-electron chi connectivity index (χ1n) is 7.77. The third-order valence-electron chi connectivity index (χ3n) is 4.17. The number of methoxy groups -OCH3 is 2. The van der Waals surface area contributed by atoms with Crippen LogP contribution in [-0.4, -0.2) is 42.7 Å². The van der Waals surface area contributed by atoms with Crippen molar-refractivity contribution < 1.29 is 17.9 Å². The molecule has 0 aliphatic carbocycles. The fourth-order valence-corrected chi connectivity index (χ4v) is 4.57. The average Bonchev–Trinajstić information content (AvgIpc) is 3.11. The van der Waals surface area contributed by atoms with Crippen molar-refractivity contribution in [3.05, 3.63) is 41.5 Å². The van der Waals surface area contributed by atoms with Gasteiger partial charge in [0.1, 0.15) is 15.9 Å². The predicted octanol–water partition coefficient (Wildman–Crippen LogP) is 2.84. The van der Waals surface area contributed by atoms with E-state index in [0.717, 1.165) is 22.9 Å². The summed E-state index contributed by atoms with van der Waals surface area (Å²) in [6.45, 7) is 2.10. The third kappa shape index (κ3) is 3.25. The van der Waals surface area contributed by atoms with Gasteiger partial charge in [-0.15, -0.1) is 0 Å². The molecule has 0 unspecified atom stereocenters. The molecule has 138 valence electrons. The molecule has 0 aliphatic rings. The Morgan fingerprint density at radius 2 is 1.81 bits per heavy atom. The standard InChI is InChI=1S/C17H19N3O4S2/c1-11-8-14(23-3)15(24-4)9-12(11)10-20(2)26(21,22)16-7-5-6-13-17(16)19-25-18-13/h5-9H,10H2,1-4H3. The lowest BCUT2D eigenvalue weighted by Gasteiger charge is -2.20. The second-order valence-corrected chi connectivity index (χ2v) is 8.32. The number of sulfonamides is 1. The fourth-order valence-electron chi connectivity index (χ4n) is 2.68. The molecule has 0 aliphatic heterocycles. The number of rotatable bonds is 6. The van der Waals surface area contributed by atoms with Crippen molar-refractivity contribution in [1.82, 2.24) is 13.1 Å². The number of aryl methyl sites for hydroxylation is 1. The number of fused-ring (bicyclic) bond motifs is 1. The van der Waals surface area contributed by atoms with E-state index in [4.69, 9.17) is 9.47 Å². The molecule has 1 heterocycles. The zero-order valence-electron chi connectivity index (χ0n) is 14.9. The van der Waals surface area contributed by atoms with E-state index in [1.165, 1.54) is 4.31 Å². The summed E-state index contributed by atoms with van der Waals surface area (Å²) in [4.78, 5) is 0.157. The summed E-state index contributed by atoms with van der Waals surface area (Å²) in [5.74, 6) is 1.17. The number of benzene rings is 2. The molecule has 0 saturated heterocycles. The Balaban J connectivity index is 1.97. The quantitative estimate of drug-likeness (QED) is 0.641. The van der Waals surface area contributed by atoms with E-state index in [9.17, 15) is 8.42 Å². The smallest absolute Gasteiger partial charge is 0.245 e. The van der Waals surface area contributed by atoms with Crippen LogP contribution in [0.15, 0.2) is 35.2 Å². The Labute approximate surface area is 156 Å². The van der Waals surface area contributed by atoms with Gasteiger partial charge in [0.15, 0.2) is 11.5 Å². The Kier molecular flexibility index (Phi) is 5.12. The summed E-state index contributed by atoms with van der Waals surface area (Å²) in [6, 6.07) is 8.60. The SMILES string of the molecule is COc1cc(C)c(CN(C)S(=O)(=O)c2cccc3nsnc23)cc1OC. The molecule has 2 aromatic carbocycles. The molecule has 0 amide bonds. The molecule has 0 spiro atoms. The molecule has 7 nitrogen and oxygen atoms in total. The number of hydrogen-bond donors (Lipinski definition) is 0. The second kappa shape index (κ2) is 7.18. The van der Waals surface area contributed by atoms with Crippen molar-refractivity contribution >= 4 is 32.8 Å². The van der Waals surface area contributed by atoms with Crippen molar-refractivity contribution in [3.8, 4) is 11.5 Å². The van der Waals surface area contributed by atoms with Crippen LogP contribution in [-0.2, 0) is 16.6 Å². The number of aromatic nitrogens is 2. The van der Waals surface area contributed by atoms with Crippen molar-refractivity contribution in [2.75, 3.05) is 21.3 Å². The summed E-state index contributed by atoms with van der Waals surface area (Å²) in [5.41, 5.74) is 2.72. The first kappa shape index (κ1) is 18.6. The highest BCUT2D eigenvalue weighted by atomic mass is 32.2. The Morgan fingerprint density at radius 3 is 2.50 bits per heavy atom. The molecule has 1 aromatic heterocycles. The maximum atomic E-state index is 13.0. The van der Waals surface area contributed by atoms with Gasteiger partial charge in [-0.1, -0.05) is 6.07 Å². The maximum absolute atomic E-state index is 13.0. The molecule has 0 radical (unpaired) electrons. The zero-order chi connectivity index (χ0) is 18.9. The van der Waals surface area contributed by atoms with Crippen molar-refractivity contribution in [2.45, 2.75) is 18.4 Å². The highest BCUT2D eigenvalue weighted by molar-refractivity contribution is 7.89. The van der Waals surface area contributed by atoms with E-state index >= 15 is 0 Å². The fraction of sp³-hybridized carbons (Fsp3) is 0.294. The van der Waals surface area contributed by atoms with Gasteiger partial charge in [0, 0.05) is 13.6 Å². The molecule has 0 saturated carbocycles. The van der Waals surface area contributed by atoms with E-state index < -0.39 is 10.0 Å². The lowest BCUT2D eigenvalue weighted by atomic mass is 10.1. The van der Waals surface area contributed by atoms with Crippen LogP contribution < -0.4 is 9.47 Å². The number of hydrogen-bond acceptors (Lipinski definition) is 7. The van der Waals surface area contributed by atoms with E-state index in [1.807, 2.05) is 13.0 Å². The van der Waals surface area contributed by atoms with Crippen LogP contribution in [0.2, 0.25) is 0 Å². The summed E-state index contributed by atoms with van der Waals surface area (Å²) in [7, 11) is 0.940. The molecule has 0 atom stereocenters. The third-order valence-corrected chi connectivity index (χ3v) is 6.55. The Hall–Kier alpha value is -2.23. The molecule has 26 heavy (non-hydrogen) atoms. The van der Waals surface area contributed by atoms with Gasteiger partial charge in [-0.3, -0.25) is 0 Å². The minimum atomic E-state index is -3.72. The van der Waals surface area contributed by atoms with Gasteiger partial charge in [-0.05, 0) is 42.3 Å². The van der Waals surface area contributed by atoms with E-state index in [2.05, 4.69) is 8.75 Å². The van der Waals surface area contributed by atoms with Crippen LogP contribution in [0, 0.1) is 6.92 Å². The summed E-state index contributed by atoms with van der Waals surface area (Å²) < 4.78 is 46.2. The minimum Gasteiger partial charge on any atom is -0.493 e. The molecule has 9 heteroatoms. The van der Waals surface area contributed by atoms with E-state index in [-0.39, 0.29) is 11.4 Å². The predicted molar refractivity (Wildman–Crippen MR) is 100 cm³/mol. The molecule has 0 fully saturated rings. The molecule has 0 N–H and O–H groups in total. The van der Waals surface area contributed by atoms with Crippen molar-refractivity contribution in [2.24, 2.45) is 0 Å². The van der Waals surface area contributed by atoms with Crippen molar-refractivity contribution in [1.29, 1.82) is 0 Å². The monoisotopic (exact) mass is 393 g/mol. The first-order valence-corrected chi connectivity index (χ1v) is 9.94. The van der Waals surface area contributed by atoms with Crippen LogP contribution in [0.25, 0.3) is 11.0 Å². The van der Waals surface area contributed by atoms with E-state index in [1.54, 1.807) is 45.5 Å². The normalized spacial score (nSPS) is 11.9. The van der Waals surface area contributed by atoms with Crippen LogP contribution in [0.3, 0.4) is 0 Å². The lowest BCUT2D eigenvalue weighted by molar-refractivity contribution is 0.353. The van der Waals surface area contributed by atoms with Crippen molar-refractivity contribution in [3.63, 3.8) is 0 Å². The Morgan fingerprint density at radius 1 is 1.12 bits per heavy atom. The van der Waals surface area contributed by atoms with Gasteiger partial charge in [0.2, 0.25) is 10.0 Å². The number of nitrogens with zero attached hydrogens (tertiary/aromatic N) is 3. The van der Waals surface area contributed by atoms with Gasteiger partial charge in [0.25, 0.3) is 0 Å². The molecule has 3 aromatic rings. The topological polar surface area (TPSA) is 81.6 Å². The van der Waals surface area contributed by atoms with Gasteiger partial charge < -0.3 is 9.47 Å². The largest absolute Gasteiger partial charge is 0.493 e. The van der Waals surface area contributed by atoms with Crippen LogP contribution >= 0.6 is 11.7 Å².